The summed E-state index contributed by atoms with van der Waals surface area (Å²) in [5.41, 5.74) is 4.31. The van der Waals surface area contributed by atoms with E-state index in [9.17, 15) is 4.79 Å². The quantitative estimate of drug-likeness (QED) is 0.466. The van der Waals surface area contributed by atoms with Crippen LogP contribution >= 0.6 is 0 Å². The van der Waals surface area contributed by atoms with Gasteiger partial charge in [0.25, 0.3) is 0 Å². The predicted molar refractivity (Wildman–Crippen MR) is 66.3 cm³/mol. The molecule has 0 spiro atoms. The maximum atomic E-state index is 10.7. The number of phenolic OH excluding ortho intramolecular Hbond substituents is 1. The molecule has 0 amide bonds. The average molecular weight is 309 g/mol. The summed E-state index contributed by atoms with van der Waals surface area (Å²) in [5, 5.41) is 34.1. The van der Waals surface area contributed by atoms with Gasteiger partial charge in [-0.15, -0.1) is 0 Å². The summed E-state index contributed by atoms with van der Waals surface area (Å²) in [6, 6.07) is 6.49. The Morgan fingerprint density at radius 2 is 1.58 bits per heavy atom. The molecule has 6 nitrogen and oxygen atoms in total. The molecule has 0 unspecified atom stereocenters. The Balaban J connectivity index is 0. The first-order valence-corrected chi connectivity index (χ1v) is 5.30. The molecule has 0 saturated carbocycles. The summed E-state index contributed by atoms with van der Waals surface area (Å²) < 4.78 is 0. The zero-order valence-corrected chi connectivity index (χ0v) is 11.9. The molecule has 0 fully saturated rings. The molecule has 0 aromatic heterocycles. The number of hydrogen-bond donors (Lipinski definition) is 5. The Morgan fingerprint density at radius 1 is 1.16 bits per heavy atom. The van der Waals surface area contributed by atoms with Crippen LogP contribution in [0, 0.1) is 0 Å². The number of nitrogens with two attached hydrogens (primary N) is 1. The van der Waals surface area contributed by atoms with Crippen molar-refractivity contribution in [3.8, 4) is 5.75 Å². The molecule has 19 heavy (non-hydrogen) atoms. The van der Waals surface area contributed by atoms with Crippen LogP contribution in [0.15, 0.2) is 24.3 Å². The van der Waals surface area contributed by atoms with E-state index in [-0.39, 0.29) is 28.9 Å². The number of ketones is 1. The Labute approximate surface area is 122 Å². The molecule has 108 valence electrons. The molecule has 0 aliphatic heterocycles. The number of aromatic hydroxyl groups is 1. The number of hydrogen-bond acceptors (Lipinski definition) is 6. The molecule has 1 aromatic carbocycles. The second-order valence-corrected chi connectivity index (χ2v) is 3.91. The largest absolute Gasteiger partial charge is 0.507 e. The molecule has 7 heteroatoms. The van der Waals surface area contributed by atoms with Gasteiger partial charge in [0.05, 0.1) is 30.9 Å². The van der Waals surface area contributed by atoms with Crippen LogP contribution in [-0.4, -0.2) is 51.6 Å². The van der Waals surface area contributed by atoms with Gasteiger partial charge in [-0.1, -0.05) is 12.1 Å². The maximum Gasteiger partial charge on any atom is 0.163 e. The van der Waals surface area contributed by atoms with Crippen molar-refractivity contribution in [1.29, 1.82) is 0 Å². The summed E-state index contributed by atoms with van der Waals surface area (Å²) >= 11 is 0. The number of carbonyl (C=O) groups is 1. The average Bonchev–Trinajstić information content (AvgIpc) is 2.39. The minimum absolute atomic E-state index is 0. The van der Waals surface area contributed by atoms with Crippen LogP contribution in [-0.2, 0) is 17.4 Å². The predicted octanol–water partition coefficient (Wildman–Crippen LogP) is -0.747. The second-order valence-electron chi connectivity index (χ2n) is 3.91. The van der Waals surface area contributed by atoms with Crippen LogP contribution in [0.2, 0.25) is 0 Å². The van der Waals surface area contributed by atoms with Gasteiger partial charge in [-0.2, -0.15) is 0 Å². The Kier molecular flexibility index (Phi) is 10.6. The smallest absolute Gasteiger partial charge is 0.163 e. The van der Waals surface area contributed by atoms with Crippen LogP contribution in [0.25, 0.3) is 0 Å². The zero-order valence-electron chi connectivity index (χ0n) is 10.6. The minimum Gasteiger partial charge on any atom is -0.507 e. The maximum absolute atomic E-state index is 10.7. The van der Waals surface area contributed by atoms with Gasteiger partial charge in [0.15, 0.2) is 5.78 Å². The van der Waals surface area contributed by atoms with E-state index in [0.29, 0.717) is 5.56 Å². The fourth-order valence-corrected chi connectivity index (χ4v) is 0.921. The molecular formula is C12H19CrNO5. The van der Waals surface area contributed by atoms with Gasteiger partial charge in [-0.05, 0) is 19.1 Å². The van der Waals surface area contributed by atoms with E-state index < -0.39 is 25.4 Å². The molecule has 6 N–H and O–H groups in total. The van der Waals surface area contributed by atoms with Crippen molar-refractivity contribution < 1.29 is 42.6 Å². The van der Waals surface area contributed by atoms with Gasteiger partial charge in [-0.3, -0.25) is 4.79 Å². The molecule has 0 heterocycles. The normalized spacial score (nSPS) is 9.95. The first-order chi connectivity index (χ1) is 8.40. The third-order valence-electron chi connectivity index (χ3n) is 2.23. The zero-order chi connectivity index (χ0) is 14.2. The van der Waals surface area contributed by atoms with Crippen molar-refractivity contribution in [2.24, 2.45) is 5.73 Å². The molecule has 0 saturated heterocycles. The standard InChI is InChI=1S/C8H8O2.C4H11NO3.Cr/c1-6(9)7-4-2-3-5-8(7)10;5-4(1-6,2-7)3-8;/h2-5,10H,1H3;6-8H,1-3,5H2;. The van der Waals surface area contributed by atoms with E-state index in [0.717, 1.165) is 0 Å². The second kappa shape index (κ2) is 9.92. The summed E-state index contributed by atoms with van der Waals surface area (Å²) in [6.45, 7) is 0.217. The molecule has 0 aliphatic carbocycles. The fraction of sp³-hybridized carbons (Fsp3) is 0.417. The van der Waals surface area contributed by atoms with E-state index in [4.69, 9.17) is 26.2 Å². The summed E-state index contributed by atoms with van der Waals surface area (Å²) in [6.07, 6.45) is 0. The van der Waals surface area contributed by atoms with Gasteiger partial charge in [0.2, 0.25) is 0 Å². The number of benzene rings is 1. The Bertz CT molecular complexity index is 374. The third-order valence-corrected chi connectivity index (χ3v) is 2.23. The number of aliphatic hydroxyl groups excluding tert-OH is 3. The van der Waals surface area contributed by atoms with Gasteiger partial charge >= 0.3 is 0 Å². The number of rotatable bonds is 4. The summed E-state index contributed by atoms with van der Waals surface area (Å²) in [7, 11) is 0. The first-order valence-electron chi connectivity index (χ1n) is 5.30. The van der Waals surface area contributed by atoms with E-state index in [1.807, 2.05) is 0 Å². The van der Waals surface area contributed by atoms with E-state index in [1.165, 1.54) is 13.0 Å². The van der Waals surface area contributed by atoms with Crippen molar-refractivity contribution in [1.82, 2.24) is 0 Å². The fourth-order valence-electron chi connectivity index (χ4n) is 0.921. The number of Topliss-reactive ketones (excluding diaryl/α,β-unsaturated/α-hetero) is 1. The third kappa shape index (κ3) is 7.28. The molecule has 0 bridgehead atoms. The molecular weight excluding hydrogens is 290 g/mol. The van der Waals surface area contributed by atoms with Crippen molar-refractivity contribution in [3.63, 3.8) is 0 Å². The van der Waals surface area contributed by atoms with E-state index in [2.05, 4.69) is 0 Å². The molecule has 0 aliphatic rings. The van der Waals surface area contributed by atoms with Crippen LogP contribution in [0.1, 0.15) is 17.3 Å². The topological polar surface area (TPSA) is 124 Å². The monoisotopic (exact) mass is 309 g/mol. The summed E-state index contributed by atoms with van der Waals surface area (Å²) in [5.74, 6) is -0.0619. The van der Waals surface area contributed by atoms with Gasteiger partial charge in [-0.25, -0.2) is 0 Å². The van der Waals surface area contributed by atoms with Gasteiger partial charge in [0, 0.05) is 17.4 Å². The SMILES string of the molecule is CC(=O)c1ccccc1O.NC(CO)(CO)CO.[Cr]. The van der Waals surface area contributed by atoms with Gasteiger partial charge in [0.1, 0.15) is 5.75 Å². The van der Waals surface area contributed by atoms with Gasteiger partial charge < -0.3 is 26.2 Å². The van der Waals surface area contributed by atoms with Crippen molar-refractivity contribution in [2.45, 2.75) is 12.5 Å². The number of phenols is 1. The first kappa shape index (κ1) is 20.4. The molecule has 0 radical (unpaired) electrons. The van der Waals surface area contributed by atoms with E-state index >= 15 is 0 Å². The number of carbonyl (C=O) groups excluding carboxylic acids is 1. The molecule has 0 atom stereocenters. The molecule has 1 aromatic rings. The number of para-hydroxylation sites is 1. The van der Waals surface area contributed by atoms with E-state index in [1.54, 1.807) is 18.2 Å². The van der Waals surface area contributed by atoms with Crippen LogP contribution in [0.4, 0.5) is 0 Å². The Morgan fingerprint density at radius 3 is 1.79 bits per heavy atom. The van der Waals surface area contributed by atoms with Crippen LogP contribution in [0.5, 0.6) is 5.75 Å². The summed E-state index contributed by atoms with van der Waals surface area (Å²) in [4.78, 5) is 10.7. The molecule has 1 rings (SSSR count). The van der Waals surface area contributed by atoms with Crippen molar-refractivity contribution in [2.75, 3.05) is 19.8 Å². The van der Waals surface area contributed by atoms with Crippen molar-refractivity contribution in [3.05, 3.63) is 29.8 Å². The van der Waals surface area contributed by atoms with Crippen LogP contribution < -0.4 is 5.73 Å². The minimum atomic E-state index is -1.21. The number of aliphatic hydroxyl groups is 3. The Hall–Kier alpha value is -0.938. The van der Waals surface area contributed by atoms with Crippen LogP contribution in [0.3, 0.4) is 0 Å². The van der Waals surface area contributed by atoms with Crippen molar-refractivity contribution >= 4 is 5.78 Å².